The van der Waals surface area contributed by atoms with Crippen LogP contribution >= 0.6 is 0 Å². The molecule has 1 amide bonds. The number of rotatable bonds is 7. The van der Waals surface area contributed by atoms with Gasteiger partial charge in [-0.15, -0.1) is 0 Å². The lowest BCUT2D eigenvalue weighted by molar-refractivity contribution is -0.267. The van der Waals surface area contributed by atoms with Crippen LogP contribution in [0.2, 0.25) is 0 Å². The maximum atomic E-state index is 12.4. The number of ether oxygens (including phenoxy) is 3. The normalized spacial score (nSPS) is 41.0. The first-order chi connectivity index (χ1) is 14.1. The quantitative estimate of drug-likeness (QED) is 0.172. The van der Waals surface area contributed by atoms with Crippen molar-refractivity contribution in [1.82, 2.24) is 4.90 Å². The molecule has 10 atom stereocenters. The van der Waals surface area contributed by atoms with E-state index in [0.29, 0.717) is 12.8 Å². The molecule has 0 bridgehead atoms. The van der Waals surface area contributed by atoms with Gasteiger partial charge >= 0.3 is 0 Å². The zero-order chi connectivity index (χ0) is 22.6. The molecule has 1 aliphatic carbocycles. The van der Waals surface area contributed by atoms with E-state index < -0.39 is 54.7 Å². The van der Waals surface area contributed by atoms with Crippen LogP contribution in [-0.4, -0.2) is 109 Å². The van der Waals surface area contributed by atoms with Crippen LogP contribution in [-0.2, 0) is 19.0 Å². The molecule has 1 aliphatic heterocycles. The highest BCUT2D eigenvalue weighted by Gasteiger charge is 2.53. The number of nitrogens with zero attached hydrogens (tertiary/aromatic N) is 2. The molecule has 12 heteroatoms. The van der Waals surface area contributed by atoms with Crippen LogP contribution in [0, 0.1) is 0 Å². The van der Waals surface area contributed by atoms with Gasteiger partial charge in [0.05, 0.1) is 36.7 Å². The number of methoxy groups -OCH3 is 1. The van der Waals surface area contributed by atoms with Gasteiger partial charge in [0, 0.05) is 20.2 Å². The Morgan fingerprint density at radius 2 is 1.97 bits per heavy atom. The number of nitrogens with two attached hydrogens (primary N) is 4. The van der Waals surface area contributed by atoms with Crippen LogP contribution in [0.4, 0.5) is 0 Å². The fraction of sp³-hybridized carbons (Fsp3) is 0.889. The van der Waals surface area contributed by atoms with E-state index >= 15 is 0 Å². The first-order valence-corrected chi connectivity index (χ1v) is 10.1. The van der Waals surface area contributed by atoms with Gasteiger partial charge in [-0.2, -0.15) is 0 Å². The Hall–Kier alpha value is -1.38. The largest absolute Gasteiger partial charge is 0.390 e. The smallest absolute Gasteiger partial charge is 0.244 e. The van der Waals surface area contributed by atoms with Gasteiger partial charge in [-0.1, -0.05) is 0 Å². The van der Waals surface area contributed by atoms with E-state index in [0.717, 1.165) is 6.34 Å². The van der Waals surface area contributed by atoms with E-state index in [1.807, 2.05) is 6.92 Å². The van der Waals surface area contributed by atoms with Crippen LogP contribution in [0.25, 0.3) is 0 Å². The Bertz CT molecular complexity index is 596. The summed E-state index contributed by atoms with van der Waals surface area (Å²) in [5.41, 5.74) is 23.5. The van der Waals surface area contributed by atoms with Crippen molar-refractivity contribution >= 4 is 12.2 Å². The maximum Gasteiger partial charge on any atom is 0.244 e. The molecular weight excluding hydrogens is 396 g/mol. The van der Waals surface area contributed by atoms with Crippen molar-refractivity contribution in [3.8, 4) is 0 Å². The standard InChI is InChI=1S/C18H36N6O6/c1-8(20)10-5-4-9(21)18(29-10)30-16-12(22)14(26)17(28-3)13(15(16)27)24(2)11(25)6-23-7-19/h7-10,12-18,26-27H,4-6,20-22H2,1-3H3,(H2,19,23)/t8?,9-,10+,12+,13+,14+,15-,16-,17-,18-/m1/s1. The lowest BCUT2D eigenvalue weighted by Crippen LogP contribution is -2.72. The van der Waals surface area contributed by atoms with E-state index in [-0.39, 0.29) is 18.7 Å². The molecule has 10 N–H and O–H groups in total. The van der Waals surface area contributed by atoms with Crippen LogP contribution < -0.4 is 22.9 Å². The molecule has 0 aromatic rings. The molecule has 1 saturated heterocycles. The average molecular weight is 433 g/mol. The average Bonchev–Trinajstić information content (AvgIpc) is 2.72. The first-order valence-electron chi connectivity index (χ1n) is 10.1. The summed E-state index contributed by atoms with van der Waals surface area (Å²) in [6.07, 6.45) is -3.29. The molecule has 30 heavy (non-hydrogen) atoms. The molecule has 174 valence electrons. The third-order valence-electron chi connectivity index (χ3n) is 5.90. The number of aliphatic hydroxyl groups excluding tert-OH is 2. The van der Waals surface area contributed by atoms with Gasteiger partial charge in [-0.05, 0) is 19.8 Å². The van der Waals surface area contributed by atoms with Crippen molar-refractivity contribution in [2.45, 2.75) is 80.7 Å². The Labute approximate surface area is 176 Å². The highest BCUT2D eigenvalue weighted by molar-refractivity contribution is 5.79. The molecule has 0 spiro atoms. The fourth-order valence-corrected chi connectivity index (χ4v) is 4.05. The summed E-state index contributed by atoms with van der Waals surface area (Å²) >= 11 is 0. The second-order valence-electron chi connectivity index (χ2n) is 7.99. The van der Waals surface area contributed by atoms with Gasteiger partial charge in [0.25, 0.3) is 0 Å². The summed E-state index contributed by atoms with van der Waals surface area (Å²) in [4.78, 5) is 17.4. The summed E-state index contributed by atoms with van der Waals surface area (Å²) in [5.74, 6) is -0.424. The zero-order valence-corrected chi connectivity index (χ0v) is 17.7. The maximum absolute atomic E-state index is 12.4. The molecule has 2 fully saturated rings. The predicted octanol–water partition coefficient (Wildman–Crippen LogP) is -3.56. The fourth-order valence-electron chi connectivity index (χ4n) is 4.05. The third-order valence-corrected chi connectivity index (χ3v) is 5.90. The zero-order valence-electron chi connectivity index (χ0n) is 17.7. The Kier molecular flexibility index (Phi) is 8.94. The van der Waals surface area contributed by atoms with Crippen molar-refractivity contribution in [2.24, 2.45) is 27.9 Å². The molecule has 0 radical (unpaired) electrons. The Morgan fingerprint density at radius 1 is 1.30 bits per heavy atom. The van der Waals surface area contributed by atoms with Crippen molar-refractivity contribution < 1.29 is 29.2 Å². The van der Waals surface area contributed by atoms with E-state index in [1.165, 1.54) is 19.1 Å². The third kappa shape index (κ3) is 5.26. The van der Waals surface area contributed by atoms with Gasteiger partial charge in [-0.25, -0.2) is 0 Å². The minimum Gasteiger partial charge on any atom is -0.390 e. The number of carbonyl (C=O) groups is 1. The highest BCUT2D eigenvalue weighted by atomic mass is 16.7. The van der Waals surface area contributed by atoms with Crippen molar-refractivity contribution in [2.75, 3.05) is 20.7 Å². The summed E-state index contributed by atoms with van der Waals surface area (Å²) in [7, 11) is 2.84. The van der Waals surface area contributed by atoms with E-state index in [9.17, 15) is 15.0 Å². The van der Waals surface area contributed by atoms with Crippen molar-refractivity contribution in [3.63, 3.8) is 0 Å². The number of aliphatic hydroxyl groups is 2. The monoisotopic (exact) mass is 432 g/mol. The minimum atomic E-state index is -1.28. The van der Waals surface area contributed by atoms with Crippen LogP contribution in [0.5, 0.6) is 0 Å². The predicted molar refractivity (Wildman–Crippen MR) is 109 cm³/mol. The first kappa shape index (κ1) is 24.9. The molecule has 1 heterocycles. The lowest BCUT2D eigenvalue weighted by atomic mass is 9.80. The minimum absolute atomic E-state index is 0.215. The molecule has 0 aromatic carbocycles. The number of carbonyl (C=O) groups excluding carboxylic acids is 1. The van der Waals surface area contributed by atoms with Gasteiger partial charge in [0.15, 0.2) is 6.29 Å². The molecule has 2 aliphatic rings. The van der Waals surface area contributed by atoms with E-state index in [4.69, 9.17) is 37.1 Å². The summed E-state index contributed by atoms with van der Waals surface area (Å²) < 4.78 is 17.2. The number of likely N-dealkylation sites (N-methyl/N-ethyl adjacent to an activating group) is 1. The molecule has 2 rings (SSSR count). The Balaban J connectivity index is 2.23. The topological polar surface area (TPSA) is 205 Å². The number of aliphatic imine (C=N–C) groups is 1. The van der Waals surface area contributed by atoms with Crippen molar-refractivity contribution in [3.05, 3.63) is 0 Å². The molecular formula is C18H36N6O6. The number of hydrogen-bond donors (Lipinski definition) is 6. The van der Waals surface area contributed by atoms with Crippen molar-refractivity contribution in [1.29, 1.82) is 0 Å². The van der Waals surface area contributed by atoms with Gasteiger partial charge in [0.1, 0.15) is 24.9 Å². The van der Waals surface area contributed by atoms with E-state index in [2.05, 4.69) is 4.99 Å². The highest BCUT2D eigenvalue weighted by Crippen LogP contribution is 2.31. The molecule has 1 saturated carbocycles. The van der Waals surface area contributed by atoms with Gasteiger partial charge < -0.3 is 52.3 Å². The molecule has 12 nitrogen and oxygen atoms in total. The second kappa shape index (κ2) is 10.8. The number of amides is 1. The number of hydrogen-bond acceptors (Lipinski definition) is 10. The summed E-state index contributed by atoms with van der Waals surface area (Å²) in [6, 6.07) is -2.62. The Morgan fingerprint density at radius 3 is 2.53 bits per heavy atom. The molecule has 0 aromatic heterocycles. The van der Waals surface area contributed by atoms with Gasteiger partial charge in [0.2, 0.25) is 5.91 Å². The van der Waals surface area contributed by atoms with Crippen LogP contribution in [0.3, 0.4) is 0 Å². The van der Waals surface area contributed by atoms with Crippen LogP contribution in [0.1, 0.15) is 19.8 Å². The van der Waals surface area contributed by atoms with Gasteiger partial charge in [-0.3, -0.25) is 9.79 Å². The SMILES string of the molecule is CO[C@H]1[C@@H](O)[C@H](N)[C@@H](O[C@H]2O[C@H](C(C)N)CC[C@H]2N)[C@H](O)[C@@H]1N(C)C(=O)CN=CN. The summed E-state index contributed by atoms with van der Waals surface area (Å²) in [6.45, 7) is 1.61. The van der Waals surface area contributed by atoms with E-state index in [1.54, 1.807) is 0 Å². The lowest BCUT2D eigenvalue weighted by Gasteiger charge is -2.50. The summed E-state index contributed by atoms with van der Waals surface area (Å²) in [5, 5.41) is 21.8. The molecule has 1 unspecified atom stereocenters. The second-order valence-corrected chi connectivity index (χ2v) is 7.99. The van der Waals surface area contributed by atoms with Crippen LogP contribution in [0.15, 0.2) is 4.99 Å².